The van der Waals surface area contributed by atoms with Crippen molar-refractivity contribution in [2.45, 2.75) is 6.30 Å². The molecule has 6 heteroatoms. The number of nitrogens with zero attached hydrogens (tertiary/aromatic N) is 1. The fourth-order valence-corrected chi connectivity index (χ4v) is 1.85. The first-order valence-corrected chi connectivity index (χ1v) is 6.52. The third-order valence-corrected chi connectivity index (χ3v) is 3.10. The topological polar surface area (TPSA) is 3.24 Å². The molecule has 0 fully saturated rings. The van der Waals surface area contributed by atoms with E-state index in [0.29, 0.717) is 15.6 Å². The van der Waals surface area contributed by atoms with Gasteiger partial charge in [-0.3, -0.25) is 0 Å². The van der Waals surface area contributed by atoms with Crippen LogP contribution < -0.4 is 4.90 Å². The highest BCUT2D eigenvalue weighted by atomic mass is 35.5. The summed E-state index contributed by atoms with van der Waals surface area (Å²) in [5, 5.41) is 0.642. The molecule has 0 aromatic heterocycles. The fourth-order valence-electron chi connectivity index (χ4n) is 1.54. The molecule has 21 heavy (non-hydrogen) atoms. The Morgan fingerprint density at radius 2 is 1.52 bits per heavy atom. The zero-order chi connectivity index (χ0) is 15.5. The van der Waals surface area contributed by atoms with Gasteiger partial charge in [-0.2, -0.15) is 0 Å². The van der Waals surface area contributed by atoms with Gasteiger partial charge < -0.3 is 0 Å². The molecule has 108 valence electrons. The lowest BCUT2D eigenvalue weighted by molar-refractivity contribution is -0.120. The predicted octanol–water partition coefficient (Wildman–Crippen LogP) is 5.33. The van der Waals surface area contributed by atoms with Crippen LogP contribution in [0.3, 0.4) is 0 Å². The summed E-state index contributed by atoms with van der Waals surface area (Å²) in [4.78, 5) is 0.0205. The van der Waals surface area contributed by atoms with E-state index in [-0.39, 0.29) is 10.6 Å². The molecule has 1 nitrogen and oxygen atoms in total. The monoisotopic (exact) mass is 329 g/mol. The van der Waals surface area contributed by atoms with Gasteiger partial charge in [0.25, 0.3) is 0 Å². The lowest BCUT2D eigenvalue weighted by Crippen LogP contribution is -2.33. The van der Waals surface area contributed by atoms with Crippen molar-refractivity contribution in [1.29, 1.82) is 0 Å². The number of anilines is 1. The molecule has 0 unspecified atom stereocenters. The lowest BCUT2D eigenvalue weighted by atomic mass is 10.2. The number of hydrogen-bond donors (Lipinski definition) is 0. The van der Waals surface area contributed by atoms with Crippen LogP contribution in [0.25, 0.3) is 0 Å². The van der Waals surface area contributed by atoms with Gasteiger partial charge in [0.2, 0.25) is 0 Å². The summed E-state index contributed by atoms with van der Waals surface area (Å²) >= 11 is 11.5. The summed E-state index contributed by atoms with van der Waals surface area (Å²) in [7, 11) is 0. The minimum Gasteiger partial charge on any atom is -0.210 e. The van der Waals surface area contributed by atoms with Crippen LogP contribution in [-0.2, 0) is 0 Å². The van der Waals surface area contributed by atoms with Crippen molar-refractivity contribution >= 4 is 28.9 Å². The van der Waals surface area contributed by atoms with Crippen molar-refractivity contribution in [3.63, 3.8) is 0 Å². The van der Waals surface area contributed by atoms with Gasteiger partial charge in [0.05, 0.1) is 10.7 Å². The molecule has 0 atom stereocenters. The molecule has 0 saturated carbocycles. The van der Waals surface area contributed by atoms with Crippen molar-refractivity contribution in [3.8, 4) is 12.0 Å². The Labute approximate surface area is 129 Å². The quantitative estimate of drug-likeness (QED) is 0.388. The number of halogens is 5. The van der Waals surface area contributed by atoms with Gasteiger partial charge in [-0.05, 0) is 42.3 Å². The number of alkyl halides is 3. The predicted molar refractivity (Wildman–Crippen MR) is 78.3 cm³/mol. The molecule has 0 amide bonds. The molecule has 0 aliphatic rings. The van der Waals surface area contributed by atoms with Gasteiger partial charge in [0.15, 0.2) is 0 Å². The first-order valence-electron chi connectivity index (χ1n) is 5.76. The van der Waals surface area contributed by atoms with Crippen LogP contribution in [0.4, 0.5) is 18.9 Å². The summed E-state index contributed by atoms with van der Waals surface area (Å²) < 4.78 is 39.2. The van der Waals surface area contributed by atoms with Crippen molar-refractivity contribution in [3.05, 3.63) is 64.1 Å². The van der Waals surface area contributed by atoms with Crippen LogP contribution in [0.1, 0.15) is 5.56 Å². The van der Waals surface area contributed by atoms with Crippen LogP contribution in [0.5, 0.6) is 0 Å². The minimum absolute atomic E-state index is 0.0205. The van der Waals surface area contributed by atoms with Crippen LogP contribution in [0, 0.1) is 12.0 Å². The van der Waals surface area contributed by atoms with E-state index >= 15 is 0 Å². The van der Waals surface area contributed by atoms with Crippen molar-refractivity contribution < 1.29 is 13.2 Å². The van der Waals surface area contributed by atoms with E-state index in [1.54, 1.807) is 24.3 Å². The van der Waals surface area contributed by atoms with E-state index in [1.807, 2.05) is 0 Å². The summed E-state index contributed by atoms with van der Waals surface area (Å²) in [6, 6.07) is 13.7. The molecule has 2 aromatic carbocycles. The Bertz CT molecular complexity index is 685. The zero-order valence-corrected chi connectivity index (χ0v) is 12.0. The highest BCUT2D eigenvalue weighted by Crippen LogP contribution is 2.28. The maximum atomic E-state index is 13.1. The molecule has 0 aliphatic carbocycles. The zero-order valence-electron chi connectivity index (χ0n) is 10.5. The second kappa shape index (κ2) is 6.30. The van der Waals surface area contributed by atoms with Crippen molar-refractivity contribution in [1.82, 2.24) is 0 Å². The molecule has 0 radical (unpaired) electrons. The van der Waals surface area contributed by atoms with Crippen LogP contribution in [0.2, 0.25) is 10.0 Å². The third-order valence-electron chi connectivity index (χ3n) is 2.51. The van der Waals surface area contributed by atoms with E-state index < -0.39 is 6.30 Å². The van der Waals surface area contributed by atoms with E-state index in [0.717, 1.165) is 0 Å². The SMILES string of the molecule is FC(F)(F)N(C#Cc1ccccc1Cl)c1ccc(Cl)cc1. The maximum Gasteiger partial charge on any atom is 0.496 e. The number of hydrogen-bond acceptors (Lipinski definition) is 1. The molecule has 2 aromatic rings. The van der Waals surface area contributed by atoms with Gasteiger partial charge >= 0.3 is 6.30 Å². The van der Waals surface area contributed by atoms with Crippen LogP contribution in [0.15, 0.2) is 48.5 Å². The molecular weight excluding hydrogens is 322 g/mol. The molecular formula is C15H8Cl2F3N. The number of benzene rings is 2. The summed E-state index contributed by atoms with van der Waals surface area (Å²) in [5.74, 6) is 2.42. The van der Waals surface area contributed by atoms with Crippen molar-refractivity contribution in [2.24, 2.45) is 0 Å². The fraction of sp³-hybridized carbons (Fsp3) is 0.0667. The Morgan fingerprint density at radius 3 is 2.10 bits per heavy atom. The molecule has 0 heterocycles. The Morgan fingerprint density at radius 1 is 0.905 bits per heavy atom. The van der Waals surface area contributed by atoms with Gasteiger partial charge in [-0.1, -0.05) is 35.3 Å². The van der Waals surface area contributed by atoms with Gasteiger partial charge in [0, 0.05) is 16.6 Å². The van der Waals surface area contributed by atoms with E-state index in [4.69, 9.17) is 23.2 Å². The molecule has 0 aliphatic heterocycles. The molecule has 0 N–H and O–H groups in total. The van der Waals surface area contributed by atoms with E-state index in [9.17, 15) is 13.2 Å². The maximum absolute atomic E-state index is 13.1. The van der Waals surface area contributed by atoms with Gasteiger partial charge in [0.1, 0.15) is 0 Å². The molecule has 2 rings (SSSR count). The third kappa shape index (κ3) is 4.07. The Hall–Kier alpha value is -1.83. The molecule has 0 saturated heterocycles. The first-order chi connectivity index (χ1) is 9.88. The van der Waals surface area contributed by atoms with Gasteiger partial charge in [-0.25, -0.2) is 4.90 Å². The Kier molecular flexibility index (Phi) is 4.66. The minimum atomic E-state index is -4.64. The lowest BCUT2D eigenvalue weighted by Gasteiger charge is -2.20. The first kappa shape index (κ1) is 15.6. The average Bonchev–Trinajstić information content (AvgIpc) is 2.41. The average molecular weight is 330 g/mol. The highest BCUT2D eigenvalue weighted by molar-refractivity contribution is 6.31. The smallest absolute Gasteiger partial charge is 0.210 e. The van der Waals surface area contributed by atoms with E-state index in [1.165, 1.54) is 24.3 Å². The largest absolute Gasteiger partial charge is 0.496 e. The second-order valence-electron chi connectivity index (χ2n) is 4.00. The van der Waals surface area contributed by atoms with Crippen LogP contribution in [-0.4, -0.2) is 6.30 Å². The normalized spacial score (nSPS) is 10.7. The van der Waals surface area contributed by atoms with E-state index in [2.05, 4.69) is 12.0 Å². The summed E-state index contributed by atoms with van der Waals surface area (Å²) in [6.07, 6.45) is -4.64. The van der Waals surface area contributed by atoms with Crippen LogP contribution >= 0.6 is 23.2 Å². The molecule has 0 spiro atoms. The van der Waals surface area contributed by atoms with Gasteiger partial charge in [-0.15, -0.1) is 13.2 Å². The summed E-state index contributed by atoms with van der Waals surface area (Å²) in [6.45, 7) is 0. The molecule has 0 bridgehead atoms. The standard InChI is InChI=1S/C15H8Cl2F3N/c16-12-5-7-13(8-6-12)21(15(18,19)20)10-9-11-3-1-2-4-14(11)17/h1-8H. The Balaban J connectivity index is 2.40. The second-order valence-corrected chi connectivity index (χ2v) is 4.84. The highest BCUT2D eigenvalue weighted by Gasteiger charge is 2.37. The number of rotatable bonds is 1. The van der Waals surface area contributed by atoms with Crippen molar-refractivity contribution in [2.75, 3.05) is 4.90 Å². The summed E-state index contributed by atoms with van der Waals surface area (Å²) in [5.41, 5.74) is 0.203.